The van der Waals surface area contributed by atoms with Gasteiger partial charge in [0.1, 0.15) is 6.42 Å². The molecule has 0 radical (unpaired) electrons. The lowest BCUT2D eigenvalue weighted by molar-refractivity contribution is -0.129. The van der Waals surface area contributed by atoms with E-state index in [1.807, 2.05) is 37.3 Å². The van der Waals surface area contributed by atoms with Crippen LogP contribution in [0.5, 0.6) is 0 Å². The normalized spacial score (nSPS) is 19.0. The molecule has 1 heterocycles. The highest BCUT2D eigenvalue weighted by Crippen LogP contribution is 2.12. The highest BCUT2D eigenvalue weighted by atomic mass is 16.5. The average molecular weight is 290 g/mol. The Kier molecular flexibility index (Phi) is 5.75. The quantitative estimate of drug-likeness (QED) is 0.781. The Morgan fingerprint density at radius 2 is 2.05 bits per heavy atom. The van der Waals surface area contributed by atoms with Gasteiger partial charge in [-0.1, -0.05) is 30.3 Å². The molecule has 21 heavy (non-hydrogen) atoms. The largest absolute Gasteiger partial charge is 0.376 e. The molecule has 1 saturated heterocycles. The lowest BCUT2D eigenvalue weighted by Crippen LogP contribution is -2.36. The maximum absolute atomic E-state index is 11.8. The first-order valence-corrected chi connectivity index (χ1v) is 7.38. The zero-order chi connectivity index (χ0) is 15.1. The number of benzene rings is 1. The maximum Gasteiger partial charge on any atom is 0.229 e. The number of carbonyl (C=O) groups is 2. The summed E-state index contributed by atoms with van der Waals surface area (Å²) in [5, 5.41) is 5.57. The highest BCUT2D eigenvalue weighted by Gasteiger charge is 2.18. The molecule has 1 aromatic carbocycles. The minimum Gasteiger partial charge on any atom is -0.376 e. The van der Waals surface area contributed by atoms with Crippen molar-refractivity contribution in [1.82, 2.24) is 10.6 Å². The van der Waals surface area contributed by atoms with Gasteiger partial charge >= 0.3 is 0 Å². The van der Waals surface area contributed by atoms with Crippen LogP contribution in [0, 0.1) is 0 Å². The van der Waals surface area contributed by atoms with Gasteiger partial charge < -0.3 is 15.4 Å². The van der Waals surface area contributed by atoms with Crippen LogP contribution >= 0.6 is 0 Å². The van der Waals surface area contributed by atoms with Gasteiger partial charge in [0, 0.05) is 13.2 Å². The van der Waals surface area contributed by atoms with E-state index in [4.69, 9.17) is 4.74 Å². The van der Waals surface area contributed by atoms with Crippen molar-refractivity contribution in [2.45, 2.75) is 38.3 Å². The summed E-state index contributed by atoms with van der Waals surface area (Å²) in [7, 11) is 0. The van der Waals surface area contributed by atoms with Gasteiger partial charge in [-0.25, -0.2) is 0 Å². The molecule has 1 aromatic rings. The average Bonchev–Trinajstić information content (AvgIpc) is 2.99. The molecule has 2 N–H and O–H groups in total. The van der Waals surface area contributed by atoms with Gasteiger partial charge in [0.15, 0.2) is 0 Å². The summed E-state index contributed by atoms with van der Waals surface area (Å²) in [4.78, 5) is 23.5. The van der Waals surface area contributed by atoms with E-state index in [0.29, 0.717) is 6.54 Å². The molecule has 2 rings (SSSR count). The number of hydrogen-bond acceptors (Lipinski definition) is 3. The molecule has 114 valence electrons. The van der Waals surface area contributed by atoms with Crippen LogP contribution in [-0.4, -0.2) is 31.1 Å². The van der Waals surface area contributed by atoms with Crippen molar-refractivity contribution in [3.63, 3.8) is 0 Å². The fourth-order valence-electron chi connectivity index (χ4n) is 2.36. The number of carbonyl (C=O) groups excluding carboxylic acids is 2. The molecular weight excluding hydrogens is 268 g/mol. The van der Waals surface area contributed by atoms with E-state index >= 15 is 0 Å². The summed E-state index contributed by atoms with van der Waals surface area (Å²) in [5.41, 5.74) is 1.02. The van der Waals surface area contributed by atoms with Gasteiger partial charge in [-0.2, -0.15) is 0 Å². The maximum atomic E-state index is 11.8. The van der Waals surface area contributed by atoms with Crippen molar-refractivity contribution in [1.29, 1.82) is 0 Å². The van der Waals surface area contributed by atoms with Gasteiger partial charge in [-0.15, -0.1) is 0 Å². The van der Waals surface area contributed by atoms with E-state index in [-0.39, 0.29) is 30.4 Å². The molecule has 2 atom stereocenters. The molecule has 5 heteroatoms. The van der Waals surface area contributed by atoms with Crippen LogP contribution in [-0.2, 0) is 14.3 Å². The monoisotopic (exact) mass is 290 g/mol. The molecule has 0 bridgehead atoms. The Bertz CT molecular complexity index is 470. The Labute approximate surface area is 125 Å². The number of rotatable bonds is 6. The van der Waals surface area contributed by atoms with Gasteiger partial charge in [-0.05, 0) is 25.3 Å². The minimum atomic E-state index is -0.267. The second-order valence-electron chi connectivity index (χ2n) is 5.32. The Hall–Kier alpha value is -1.88. The van der Waals surface area contributed by atoms with Gasteiger partial charge in [-0.3, -0.25) is 9.59 Å². The third kappa shape index (κ3) is 5.19. The van der Waals surface area contributed by atoms with E-state index in [1.165, 1.54) is 0 Å². The third-order valence-corrected chi connectivity index (χ3v) is 3.55. The summed E-state index contributed by atoms with van der Waals surface area (Å²) < 4.78 is 5.42. The lowest BCUT2D eigenvalue weighted by atomic mass is 10.1. The number of nitrogens with one attached hydrogen (secondary N) is 2. The molecule has 1 aliphatic rings. The van der Waals surface area contributed by atoms with Crippen molar-refractivity contribution in [3.8, 4) is 0 Å². The van der Waals surface area contributed by atoms with Crippen LogP contribution in [0.25, 0.3) is 0 Å². The predicted octanol–water partition coefficient (Wildman–Crippen LogP) is 1.55. The van der Waals surface area contributed by atoms with Crippen molar-refractivity contribution < 1.29 is 14.3 Å². The van der Waals surface area contributed by atoms with Crippen molar-refractivity contribution in [2.24, 2.45) is 0 Å². The topological polar surface area (TPSA) is 67.4 Å². The second-order valence-corrected chi connectivity index (χ2v) is 5.32. The van der Waals surface area contributed by atoms with E-state index in [0.717, 1.165) is 25.0 Å². The van der Waals surface area contributed by atoms with Gasteiger partial charge in [0.25, 0.3) is 0 Å². The van der Waals surface area contributed by atoms with E-state index in [2.05, 4.69) is 10.6 Å². The van der Waals surface area contributed by atoms with Crippen LogP contribution in [0.2, 0.25) is 0 Å². The minimum absolute atomic E-state index is 0.0975. The summed E-state index contributed by atoms with van der Waals surface area (Å²) in [5.74, 6) is -0.528. The fourth-order valence-corrected chi connectivity index (χ4v) is 2.36. The molecule has 0 spiro atoms. The third-order valence-electron chi connectivity index (χ3n) is 3.55. The van der Waals surface area contributed by atoms with Crippen LogP contribution in [0.3, 0.4) is 0 Å². The molecule has 0 aliphatic carbocycles. The SMILES string of the molecule is CC(NC(=O)CC(=O)NCC1CCCO1)c1ccccc1. The Morgan fingerprint density at radius 3 is 2.71 bits per heavy atom. The first-order chi connectivity index (χ1) is 10.1. The first kappa shape index (κ1) is 15.5. The standard InChI is InChI=1S/C16H22N2O3/c1-12(13-6-3-2-4-7-13)18-16(20)10-15(19)17-11-14-8-5-9-21-14/h2-4,6-7,12,14H,5,8-11H2,1H3,(H,17,19)(H,18,20). The zero-order valence-electron chi connectivity index (χ0n) is 12.3. The molecule has 1 aliphatic heterocycles. The van der Waals surface area contributed by atoms with Crippen LogP contribution in [0.4, 0.5) is 0 Å². The Balaban J connectivity index is 1.69. The predicted molar refractivity (Wildman–Crippen MR) is 79.6 cm³/mol. The van der Waals surface area contributed by atoms with Crippen LogP contribution < -0.4 is 10.6 Å². The lowest BCUT2D eigenvalue weighted by Gasteiger charge is -2.15. The van der Waals surface area contributed by atoms with Gasteiger partial charge in [0.05, 0.1) is 12.1 Å². The van der Waals surface area contributed by atoms with Crippen LogP contribution in [0.1, 0.15) is 37.8 Å². The molecule has 1 fully saturated rings. The smallest absolute Gasteiger partial charge is 0.229 e. The van der Waals surface area contributed by atoms with Crippen LogP contribution in [0.15, 0.2) is 30.3 Å². The second kappa shape index (κ2) is 7.78. The molecule has 0 saturated carbocycles. The van der Waals surface area contributed by atoms with E-state index in [9.17, 15) is 9.59 Å². The molecule has 2 amide bonds. The zero-order valence-corrected chi connectivity index (χ0v) is 12.3. The van der Waals surface area contributed by atoms with E-state index in [1.54, 1.807) is 0 Å². The molecular formula is C16H22N2O3. The first-order valence-electron chi connectivity index (χ1n) is 7.38. The van der Waals surface area contributed by atoms with E-state index < -0.39 is 0 Å². The highest BCUT2D eigenvalue weighted by molar-refractivity contribution is 5.97. The van der Waals surface area contributed by atoms with Crippen molar-refractivity contribution in [2.75, 3.05) is 13.2 Å². The number of ether oxygens (including phenoxy) is 1. The molecule has 0 aromatic heterocycles. The Morgan fingerprint density at radius 1 is 1.29 bits per heavy atom. The van der Waals surface area contributed by atoms with Crippen molar-refractivity contribution >= 4 is 11.8 Å². The number of amides is 2. The number of hydrogen-bond donors (Lipinski definition) is 2. The summed E-state index contributed by atoms with van der Waals surface area (Å²) >= 11 is 0. The summed E-state index contributed by atoms with van der Waals surface area (Å²) in [6, 6.07) is 9.56. The summed E-state index contributed by atoms with van der Waals surface area (Å²) in [6.07, 6.45) is 1.96. The fraction of sp³-hybridized carbons (Fsp3) is 0.500. The van der Waals surface area contributed by atoms with Crippen molar-refractivity contribution in [3.05, 3.63) is 35.9 Å². The summed E-state index contributed by atoms with van der Waals surface area (Å²) in [6.45, 7) is 3.15. The molecule has 2 unspecified atom stereocenters. The molecule has 5 nitrogen and oxygen atoms in total. The van der Waals surface area contributed by atoms with Gasteiger partial charge in [0.2, 0.25) is 11.8 Å².